The first-order chi connectivity index (χ1) is 8.25. The zero-order valence-electron chi connectivity index (χ0n) is 9.25. The molecular formula is C12H11N3O2. The van der Waals surface area contributed by atoms with Crippen LogP contribution in [0.4, 0.5) is 11.5 Å². The van der Waals surface area contributed by atoms with Crippen molar-refractivity contribution in [2.75, 3.05) is 5.32 Å². The van der Waals surface area contributed by atoms with Crippen molar-refractivity contribution in [3.8, 4) is 5.75 Å². The minimum Gasteiger partial charge on any atom is -0.424 e. The summed E-state index contributed by atoms with van der Waals surface area (Å²) in [5.74, 6) is 0.691. The first-order valence-electron chi connectivity index (χ1n) is 5.06. The molecule has 0 saturated heterocycles. The van der Waals surface area contributed by atoms with Crippen molar-refractivity contribution < 1.29 is 9.53 Å². The summed E-state index contributed by atoms with van der Waals surface area (Å²) >= 11 is 0. The number of benzene rings is 1. The van der Waals surface area contributed by atoms with Crippen molar-refractivity contribution in [2.45, 2.75) is 6.92 Å². The summed E-state index contributed by atoms with van der Waals surface area (Å²) in [5.41, 5.74) is 0.670. The fourth-order valence-corrected chi connectivity index (χ4v) is 1.32. The van der Waals surface area contributed by atoms with E-state index in [1.165, 1.54) is 6.92 Å². The Morgan fingerprint density at radius 1 is 1.29 bits per heavy atom. The quantitative estimate of drug-likeness (QED) is 0.645. The Kier molecular flexibility index (Phi) is 3.30. The maximum atomic E-state index is 10.9. The van der Waals surface area contributed by atoms with Crippen molar-refractivity contribution >= 4 is 17.5 Å². The second-order valence-electron chi connectivity index (χ2n) is 3.31. The molecule has 1 aromatic carbocycles. The highest BCUT2D eigenvalue weighted by molar-refractivity contribution is 5.74. The second kappa shape index (κ2) is 5.07. The van der Waals surface area contributed by atoms with E-state index >= 15 is 0 Å². The van der Waals surface area contributed by atoms with Crippen LogP contribution in [-0.4, -0.2) is 15.9 Å². The molecule has 0 aliphatic heterocycles. The van der Waals surface area contributed by atoms with Crippen molar-refractivity contribution in [2.24, 2.45) is 0 Å². The van der Waals surface area contributed by atoms with Crippen molar-refractivity contribution in [3.63, 3.8) is 0 Å². The first kappa shape index (κ1) is 11.1. The van der Waals surface area contributed by atoms with Crippen LogP contribution in [0.1, 0.15) is 6.92 Å². The molecular weight excluding hydrogens is 218 g/mol. The van der Waals surface area contributed by atoms with Crippen LogP contribution in [0, 0.1) is 0 Å². The highest BCUT2D eigenvalue weighted by atomic mass is 16.5. The first-order valence-corrected chi connectivity index (χ1v) is 5.06. The Bertz CT molecular complexity index is 514. The van der Waals surface area contributed by atoms with E-state index in [-0.39, 0.29) is 5.97 Å². The number of esters is 1. The third kappa shape index (κ3) is 3.01. The average Bonchev–Trinajstić information content (AvgIpc) is 2.32. The number of hydrogen-bond donors (Lipinski definition) is 1. The van der Waals surface area contributed by atoms with Gasteiger partial charge in [-0.3, -0.25) is 9.78 Å². The third-order valence-electron chi connectivity index (χ3n) is 1.97. The van der Waals surface area contributed by atoms with Gasteiger partial charge >= 0.3 is 5.97 Å². The van der Waals surface area contributed by atoms with Crippen molar-refractivity contribution in [1.29, 1.82) is 0 Å². The molecule has 17 heavy (non-hydrogen) atoms. The fourth-order valence-electron chi connectivity index (χ4n) is 1.32. The van der Waals surface area contributed by atoms with Gasteiger partial charge in [-0.15, -0.1) is 0 Å². The van der Waals surface area contributed by atoms with Gasteiger partial charge in [0.25, 0.3) is 0 Å². The minimum absolute atomic E-state index is 0.363. The molecule has 0 amide bonds. The fraction of sp³-hybridized carbons (Fsp3) is 0.0833. The Labute approximate surface area is 98.5 Å². The lowest BCUT2D eigenvalue weighted by atomic mass is 10.3. The van der Waals surface area contributed by atoms with E-state index in [4.69, 9.17) is 4.74 Å². The largest absolute Gasteiger partial charge is 0.424 e. The van der Waals surface area contributed by atoms with E-state index in [0.717, 1.165) is 0 Å². The zero-order chi connectivity index (χ0) is 12.1. The molecule has 5 heteroatoms. The number of hydrogen-bond acceptors (Lipinski definition) is 5. The Hall–Kier alpha value is -2.43. The molecule has 0 aliphatic carbocycles. The Balaban J connectivity index is 2.23. The summed E-state index contributed by atoms with van der Waals surface area (Å²) in [6.07, 6.45) is 4.75. The summed E-state index contributed by atoms with van der Waals surface area (Å²) in [5, 5.41) is 3.03. The molecule has 0 spiro atoms. The van der Waals surface area contributed by atoms with Crippen LogP contribution >= 0.6 is 0 Å². The van der Waals surface area contributed by atoms with Gasteiger partial charge in [0.2, 0.25) is 0 Å². The second-order valence-corrected chi connectivity index (χ2v) is 3.31. The van der Waals surface area contributed by atoms with Gasteiger partial charge in [0.05, 0.1) is 11.9 Å². The van der Waals surface area contributed by atoms with Gasteiger partial charge in [-0.2, -0.15) is 0 Å². The van der Waals surface area contributed by atoms with Gasteiger partial charge < -0.3 is 10.1 Å². The predicted octanol–water partition coefficient (Wildman–Crippen LogP) is 2.15. The number of carbonyl (C=O) groups is 1. The Morgan fingerprint density at radius 2 is 2.12 bits per heavy atom. The minimum atomic E-state index is -0.363. The van der Waals surface area contributed by atoms with E-state index < -0.39 is 0 Å². The smallest absolute Gasteiger partial charge is 0.308 e. The molecule has 0 aliphatic rings. The summed E-state index contributed by atoms with van der Waals surface area (Å²) in [7, 11) is 0. The predicted molar refractivity (Wildman–Crippen MR) is 63.1 cm³/mol. The highest BCUT2D eigenvalue weighted by Gasteiger charge is 2.05. The molecule has 2 aromatic rings. The number of carbonyl (C=O) groups excluding carboxylic acids is 1. The van der Waals surface area contributed by atoms with Crippen molar-refractivity contribution in [1.82, 2.24) is 9.97 Å². The number of para-hydroxylation sites is 2. The van der Waals surface area contributed by atoms with Crippen LogP contribution in [0.5, 0.6) is 5.75 Å². The lowest BCUT2D eigenvalue weighted by Crippen LogP contribution is -2.04. The molecule has 5 nitrogen and oxygen atoms in total. The SMILES string of the molecule is CC(=O)Oc1ccccc1Nc1cnccn1. The summed E-state index contributed by atoms with van der Waals surface area (Å²) in [4.78, 5) is 19.0. The number of nitrogens with zero attached hydrogens (tertiary/aromatic N) is 2. The average molecular weight is 229 g/mol. The van der Waals surface area contributed by atoms with Gasteiger partial charge in [-0.1, -0.05) is 12.1 Å². The van der Waals surface area contributed by atoms with E-state index in [0.29, 0.717) is 17.3 Å². The maximum Gasteiger partial charge on any atom is 0.308 e. The molecule has 0 radical (unpaired) electrons. The van der Waals surface area contributed by atoms with Gasteiger partial charge in [-0.25, -0.2) is 4.98 Å². The van der Waals surface area contributed by atoms with Crippen molar-refractivity contribution in [3.05, 3.63) is 42.9 Å². The molecule has 0 atom stereocenters. The molecule has 2 rings (SSSR count). The lowest BCUT2D eigenvalue weighted by Gasteiger charge is -2.09. The molecule has 1 N–H and O–H groups in total. The van der Waals surface area contributed by atoms with Gasteiger partial charge in [0, 0.05) is 19.3 Å². The molecule has 86 valence electrons. The van der Waals surface area contributed by atoms with Crippen LogP contribution in [0.2, 0.25) is 0 Å². The maximum absolute atomic E-state index is 10.9. The highest BCUT2D eigenvalue weighted by Crippen LogP contribution is 2.26. The number of aromatic nitrogens is 2. The van der Waals surface area contributed by atoms with Gasteiger partial charge in [-0.05, 0) is 12.1 Å². The topological polar surface area (TPSA) is 64.1 Å². The van der Waals surface area contributed by atoms with E-state index in [9.17, 15) is 4.79 Å². The molecule has 0 fully saturated rings. The summed E-state index contributed by atoms with van der Waals surface area (Å²) in [6.45, 7) is 1.36. The normalized spacial score (nSPS) is 9.71. The van der Waals surface area contributed by atoms with Crippen LogP contribution < -0.4 is 10.1 Å². The number of ether oxygens (including phenoxy) is 1. The van der Waals surface area contributed by atoms with Crippen LogP contribution in [0.15, 0.2) is 42.9 Å². The Morgan fingerprint density at radius 3 is 2.82 bits per heavy atom. The van der Waals surface area contributed by atoms with Crippen LogP contribution in [0.3, 0.4) is 0 Å². The van der Waals surface area contributed by atoms with Crippen LogP contribution in [0.25, 0.3) is 0 Å². The van der Waals surface area contributed by atoms with E-state index in [2.05, 4.69) is 15.3 Å². The number of rotatable bonds is 3. The number of nitrogens with one attached hydrogen (secondary N) is 1. The monoisotopic (exact) mass is 229 g/mol. The molecule has 1 heterocycles. The zero-order valence-corrected chi connectivity index (χ0v) is 9.25. The van der Waals surface area contributed by atoms with Gasteiger partial charge in [0.15, 0.2) is 5.75 Å². The molecule has 1 aromatic heterocycles. The van der Waals surface area contributed by atoms with Crippen LogP contribution in [-0.2, 0) is 4.79 Å². The number of anilines is 2. The standard InChI is InChI=1S/C12H11N3O2/c1-9(16)17-11-5-3-2-4-10(11)15-12-8-13-6-7-14-12/h2-8H,1H3,(H,14,15). The summed E-state index contributed by atoms with van der Waals surface area (Å²) < 4.78 is 5.07. The lowest BCUT2D eigenvalue weighted by molar-refractivity contribution is -0.131. The molecule has 0 unspecified atom stereocenters. The van der Waals surface area contributed by atoms with E-state index in [1.54, 1.807) is 36.8 Å². The third-order valence-corrected chi connectivity index (χ3v) is 1.97. The summed E-state index contributed by atoms with van der Waals surface area (Å²) in [6, 6.07) is 7.14. The van der Waals surface area contributed by atoms with Gasteiger partial charge in [0.1, 0.15) is 5.82 Å². The van der Waals surface area contributed by atoms with E-state index in [1.807, 2.05) is 6.07 Å². The molecule has 0 bridgehead atoms. The molecule has 0 saturated carbocycles.